The molecule has 0 saturated carbocycles. The molecule has 0 bridgehead atoms. The summed E-state index contributed by atoms with van der Waals surface area (Å²) in [6.07, 6.45) is 0. The number of hydrogen-bond donors (Lipinski definition) is 1. The van der Waals surface area contributed by atoms with Crippen molar-refractivity contribution in [3.8, 4) is 16.3 Å². The largest absolute Gasteiger partial charge is 0.488 e. The summed E-state index contributed by atoms with van der Waals surface area (Å²) in [5, 5.41) is 11.2. The molecule has 0 amide bonds. The van der Waals surface area contributed by atoms with Crippen molar-refractivity contribution >= 4 is 17.3 Å². The average Bonchev–Trinajstić information content (AvgIpc) is 3.04. The molecule has 0 atom stereocenters. The van der Waals surface area contributed by atoms with Gasteiger partial charge in [-0.1, -0.05) is 42.5 Å². The van der Waals surface area contributed by atoms with Gasteiger partial charge in [-0.25, -0.2) is 9.78 Å². The van der Waals surface area contributed by atoms with Crippen LogP contribution in [0.3, 0.4) is 0 Å². The van der Waals surface area contributed by atoms with Crippen LogP contribution in [0.4, 0.5) is 0 Å². The Hall–Kier alpha value is -2.66. The number of carbonyl (C=O) groups is 1. The Morgan fingerprint density at radius 3 is 2.65 bits per heavy atom. The van der Waals surface area contributed by atoms with E-state index in [2.05, 4.69) is 4.98 Å². The number of hydrogen-bond acceptors (Lipinski definition) is 4. The number of aromatic nitrogens is 1. The SMILES string of the molecule is Cc1cccc(-c2nc(C(=O)O)cs2)c1OCc1ccccc1. The molecule has 0 spiro atoms. The van der Waals surface area contributed by atoms with Gasteiger partial charge in [-0.3, -0.25) is 0 Å². The summed E-state index contributed by atoms with van der Waals surface area (Å²) < 4.78 is 6.00. The highest BCUT2D eigenvalue weighted by Gasteiger charge is 2.15. The van der Waals surface area contributed by atoms with E-state index in [1.54, 1.807) is 5.38 Å². The molecule has 3 rings (SSSR count). The Labute approximate surface area is 138 Å². The fourth-order valence-electron chi connectivity index (χ4n) is 2.24. The third-order valence-electron chi connectivity index (χ3n) is 3.39. The molecule has 5 heteroatoms. The van der Waals surface area contributed by atoms with E-state index in [0.717, 1.165) is 22.4 Å². The molecule has 23 heavy (non-hydrogen) atoms. The Bertz CT molecular complexity index is 827. The van der Waals surface area contributed by atoms with Crippen LogP contribution in [0.2, 0.25) is 0 Å². The van der Waals surface area contributed by atoms with E-state index in [1.807, 2.05) is 55.5 Å². The summed E-state index contributed by atoms with van der Waals surface area (Å²) in [6, 6.07) is 15.7. The summed E-state index contributed by atoms with van der Waals surface area (Å²) in [5.74, 6) is -0.283. The minimum Gasteiger partial charge on any atom is -0.488 e. The van der Waals surface area contributed by atoms with Crippen LogP contribution < -0.4 is 4.74 Å². The Balaban J connectivity index is 1.91. The summed E-state index contributed by atoms with van der Waals surface area (Å²) in [7, 11) is 0. The normalized spacial score (nSPS) is 10.5. The van der Waals surface area contributed by atoms with Crippen LogP contribution in [-0.4, -0.2) is 16.1 Å². The molecule has 1 aromatic heterocycles. The maximum Gasteiger partial charge on any atom is 0.355 e. The van der Waals surface area contributed by atoms with Crippen LogP contribution in [0.25, 0.3) is 10.6 Å². The van der Waals surface area contributed by atoms with E-state index >= 15 is 0 Å². The molecule has 0 aliphatic carbocycles. The van der Waals surface area contributed by atoms with Gasteiger partial charge in [-0.15, -0.1) is 11.3 Å². The van der Waals surface area contributed by atoms with Crippen molar-refractivity contribution in [2.24, 2.45) is 0 Å². The minimum absolute atomic E-state index is 0.0560. The number of thiazole rings is 1. The number of ether oxygens (including phenoxy) is 1. The molecular weight excluding hydrogens is 310 g/mol. The van der Waals surface area contributed by atoms with Crippen LogP contribution in [0.15, 0.2) is 53.9 Å². The monoisotopic (exact) mass is 325 g/mol. The second kappa shape index (κ2) is 6.62. The van der Waals surface area contributed by atoms with Gasteiger partial charge in [-0.2, -0.15) is 0 Å². The molecule has 0 saturated heterocycles. The average molecular weight is 325 g/mol. The second-order valence-corrected chi connectivity index (χ2v) is 5.93. The van der Waals surface area contributed by atoms with E-state index in [0.29, 0.717) is 11.6 Å². The Morgan fingerprint density at radius 2 is 1.96 bits per heavy atom. The highest BCUT2D eigenvalue weighted by atomic mass is 32.1. The van der Waals surface area contributed by atoms with E-state index < -0.39 is 5.97 Å². The molecule has 2 aromatic carbocycles. The van der Waals surface area contributed by atoms with Gasteiger partial charge in [0.25, 0.3) is 0 Å². The first-order valence-corrected chi connectivity index (χ1v) is 7.98. The summed E-state index contributed by atoms with van der Waals surface area (Å²) in [6.45, 7) is 2.42. The molecule has 0 radical (unpaired) electrons. The van der Waals surface area contributed by atoms with E-state index in [-0.39, 0.29) is 5.69 Å². The second-order valence-electron chi connectivity index (χ2n) is 5.07. The first-order valence-electron chi connectivity index (χ1n) is 7.10. The number of aromatic carboxylic acids is 1. The van der Waals surface area contributed by atoms with Gasteiger partial charge in [0.2, 0.25) is 0 Å². The fourth-order valence-corrected chi connectivity index (χ4v) is 3.05. The van der Waals surface area contributed by atoms with Gasteiger partial charge in [0, 0.05) is 5.38 Å². The molecule has 1 heterocycles. The fraction of sp³-hybridized carbons (Fsp3) is 0.111. The van der Waals surface area contributed by atoms with Gasteiger partial charge < -0.3 is 9.84 Å². The lowest BCUT2D eigenvalue weighted by Gasteiger charge is -2.13. The van der Waals surface area contributed by atoms with Gasteiger partial charge >= 0.3 is 5.97 Å². The molecule has 4 nitrogen and oxygen atoms in total. The van der Waals surface area contributed by atoms with Crippen molar-refractivity contribution in [1.82, 2.24) is 4.98 Å². The quantitative estimate of drug-likeness (QED) is 0.755. The number of carboxylic acid groups (broad SMARTS) is 1. The summed E-state index contributed by atoms with van der Waals surface area (Å²) in [5.41, 5.74) is 2.94. The summed E-state index contributed by atoms with van der Waals surface area (Å²) in [4.78, 5) is 15.2. The minimum atomic E-state index is -1.02. The van der Waals surface area contributed by atoms with Crippen LogP contribution in [0.1, 0.15) is 21.6 Å². The third kappa shape index (κ3) is 3.40. The van der Waals surface area contributed by atoms with Gasteiger partial charge in [-0.05, 0) is 24.1 Å². The van der Waals surface area contributed by atoms with Crippen LogP contribution >= 0.6 is 11.3 Å². The van der Waals surface area contributed by atoms with Gasteiger partial charge in [0.05, 0.1) is 5.56 Å². The first kappa shape index (κ1) is 15.2. The standard InChI is InChI=1S/C18H15NO3S/c1-12-6-5-9-14(17-19-15(11-23-17)18(20)21)16(12)22-10-13-7-3-2-4-8-13/h2-9,11H,10H2,1H3,(H,20,21). The predicted octanol–water partition coefficient (Wildman–Crippen LogP) is 4.40. The third-order valence-corrected chi connectivity index (χ3v) is 4.27. The Kier molecular flexibility index (Phi) is 4.39. The summed E-state index contributed by atoms with van der Waals surface area (Å²) >= 11 is 1.30. The molecular formula is C18H15NO3S. The van der Waals surface area contributed by atoms with Crippen molar-refractivity contribution in [2.75, 3.05) is 0 Å². The number of carboxylic acids is 1. The maximum absolute atomic E-state index is 11.0. The molecule has 1 N–H and O–H groups in total. The van der Waals surface area contributed by atoms with Gasteiger partial charge in [0.1, 0.15) is 17.4 Å². The topological polar surface area (TPSA) is 59.4 Å². The molecule has 0 aliphatic heterocycles. The van der Waals surface area contributed by atoms with E-state index in [4.69, 9.17) is 9.84 Å². The van der Waals surface area contributed by atoms with Crippen molar-refractivity contribution in [1.29, 1.82) is 0 Å². The molecule has 0 unspecified atom stereocenters. The number of nitrogens with zero attached hydrogens (tertiary/aromatic N) is 1. The van der Waals surface area contributed by atoms with E-state index in [1.165, 1.54) is 11.3 Å². The highest BCUT2D eigenvalue weighted by Crippen LogP contribution is 2.35. The lowest BCUT2D eigenvalue weighted by atomic mass is 10.1. The number of benzene rings is 2. The van der Waals surface area contributed by atoms with Crippen molar-refractivity contribution in [3.05, 3.63) is 70.7 Å². The zero-order valence-corrected chi connectivity index (χ0v) is 13.3. The molecule has 3 aromatic rings. The number of aryl methyl sites for hydroxylation is 1. The highest BCUT2D eigenvalue weighted by molar-refractivity contribution is 7.13. The van der Waals surface area contributed by atoms with Crippen LogP contribution in [0, 0.1) is 6.92 Å². The lowest BCUT2D eigenvalue weighted by Crippen LogP contribution is -1.99. The van der Waals surface area contributed by atoms with Gasteiger partial charge in [0.15, 0.2) is 5.69 Å². The zero-order valence-electron chi connectivity index (χ0n) is 12.5. The van der Waals surface area contributed by atoms with Crippen molar-refractivity contribution < 1.29 is 14.6 Å². The Morgan fingerprint density at radius 1 is 1.17 bits per heavy atom. The molecule has 116 valence electrons. The number of para-hydroxylation sites is 1. The van der Waals surface area contributed by atoms with Crippen LogP contribution in [-0.2, 0) is 6.61 Å². The molecule has 0 aliphatic rings. The van der Waals surface area contributed by atoms with E-state index in [9.17, 15) is 4.79 Å². The van der Waals surface area contributed by atoms with Crippen molar-refractivity contribution in [2.45, 2.75) is 13.5 Å². The molecule has 0 fully saturated rings. The van der Waals surface area contributed by atoms with Crippen LogP contribution in [0.5, 0.6) is 5.75 Å². The first-order chi connectivity index (χ1) is 11.1. The lowest BCUT2D eigenvalue weighted by molar-refractivity contribution is 0.0691. The number of rotatable bonds is 5. The smallest absolute Gasteiger partial charge is 0.355 e. The van der Waals surface area contributed by atoms with Crippen molar-refractivity contribution in [3.63, 3.8) is 0 Å². The zero-order chi connectivity index (χ0) is 16.2. The predicted molar refractivity (Wildman–Crippen MR) is 90.0 cm³/mol. The maximum atomic E-state index is 11.0.